The summed E-state index contributed by atoms with van der Waals surface area (Å²) >= 11 is 7.08. The maximum absolute atomic E-state index is 12.6. The van der Waals surface area contributed by atoms with Crippen LogP contribution >= 0.6 is 22.9 Å². The van der Waals surface area contributed by atoms with Crippen molar-refractivity contribution in [2.75, 3.05) is 0 Å². The van der Waals surface area contributed by atoms with E-state index in [2.05, 4.69) is 9.71 Å². The summed E-state index contributed by atoms with van der Waals surface area (Å²) in [4.78, 5) is 16.9. The minimum Gasteiger partial charge on any atom is -0.385 e. The van der Waals surface area contributed by atoms with Gasteiger partial charge < -0.3 is 5.11 Å². The number of benzene rings is 1. The van der Waals surface area contributed by atoms with Crippen LogP contribution in [0.2, 0.25) is 5.02 Å². The Kier molecular flexibility index (Phi) is 7.15. The second-order valence-corrected chi connectivity index (χ2v) is 11.5. The lowest BCUT2D eigenvalue weighted by atomic mass is 9.87. The fourth-order valence-electron chi connectivity index (χ4n) is 2.97. The average Bonchev–Trinajstić information content (AvgIpc) is 3.06. The number of amides is 1. The normalized spacial score (nSPS) is 12.6. The lowest BCUT2D eigenvalue weighted by Crippen LogP contribution is -2.32. The van der Waals surface area contributed by atoms with E-state index in [9.17, 15) is 18.3 Å². The molecule has 0 saturated carbocycles. The molecule has 0 bridgehead atoms. The van der Waals surface area contributed by atoms with Gasteiger partial charge in [0, 0.05) is 11.2 Å². The number of aromatic nitrogens is 1. The lowest BCUT2D eigenvalue weighted by Gasteiger charge is -2.20. The van der Waals surface area contributed by atoms with Gasteiger partial charge in [-0.2, -0.15) is 8.42 Å². The minimum atomic E-state index is -4.12. The molecule has 2 rings (SSSR count). The first-order valence-electron chi connectivity index (χ1n) is 9.29. The monoisotopic (exact) mass is 458 g/mol. The van der Waals surface area contributed by atoms with Gasteiger partial charge in [0.2, 0.25) is 10.2 Å². The van der Waals surface area contributed by atoms with Crippen LogP contribution in [0, 0.1) is 0 Å². The van der Waals surface area contributed by atoms with Crippen molar-refractivity contribution in [3.8, 4) is 0 Å². The van der Waals surface area contributed by atoms with Crippen molar-refractivity contribution < 1.29 is 18.3 Å². The number of carbonyl (C=O) groups is 1. The van der Waals surface area contributed by atoms with Crippen molar-refractivity contribution >= 4 is 38.9 Å². The van der Waals surface area contributed by atoms with E-state index < -0.39 is 21.5 Å². The summed E-state index contributed by atoms with van der Waals surface area (Å²) in [5, 5.41) is 10.6. The first-order valence-corrected chi connectivity index (χ1v) is 12.0. The third kappa shape index (κ3) is 5.78. The molecule has 2 aromatic rings. The fraction of sp³-hybridized carbons (Fsp3) is 0.500. The van der Waals surface area contributed by atoms with Gasteiger partial charge in [-0.3, -0.25) is 4.79 Å². The Morgan fingerprint density at radius 3 is 2.14 bits per heavy atom. The molecule has 0 radical (unpaired) electrons. The third-order valence-corrected chi connectivity index (χ3v) is 7.72. The first-order chi connectivity index (χ1) is 13.2. The molecule has 0 fully saturated rings. The Bertz CT molecular complexity index is 977. The van der Waals surface area contributed by atoms with Crippen LogP contribution in [0.5, 0.6) is 0 Å². The molecule has 0 unspecified atom stereocenters. The molecule has 1 aromatic carbocycles. The smallest absolute Gasteiger partial charge is 0.291 e. The van der Waals surface area contributed by atoms with Gasteiger partial charge in [-0.1, -0.05) is 39.3 Å². The first kappa shape index (κ1) is 23.8. The van der Waals surface area contributed by atoms with Crippen molar-refractivity contribution in [1.29, 1.82) is 0 Å². The van der Waals surface area contributed by atoms with E-state index in [1.807, 2.05) is 39.8 Å². The highest BCUT2D eigenvalue weighted by molar-refractivity contribution is 7.92. The largest absolute Gasteiger partial charge is 0.385 e. The van der Waals surface area contributed by atoms with Gasteiger partial charge in [0.05, 0.1) is 16.9 Å². The minimum absolute atomic E-state index is 0.0822. The fourth-order valence-corrected chi connectivity index (χ4v) is 5.34. The number of halogens is 1. The number of thiazole rings is 1. The zero-order chi connectivity index (χ0) is 22.1. The summed E-state index contributed by atoms with van der Waals surface area (Å²) < 4.78 is 27.0. The SMILES string of the molecule is CC(C)c1cc(Cl)cc(C(C)C)c1CC(=O)NS(=O)(=O)c1ncc(C(C)(C)O)s1. The summed E-state index contributed by atoms with van der Waals surface area (Å²) in [5.41, 5.74) is 1.43. The Labute approximate surface area is 181 Å². The molecule has 2 N–H and O–H groups in total. The van der Waals surface area contributed by atoms with E-state index in [0.29, 0.717) is 9.90 Å². The number of carbonyl (C=O) groups excluding carboxylic acids is 1. The standard InChI is InChI=1S/C20H27ClN2O4S2/c1-11(2)14-7-13(21)8-15(12(3)4)16(14)9-18(24)23-29(26,27)19-22-10-17(28-19)20(5,6)25/h7-8,10-12,25H,9H2,1-6H3,(H,23,24). The highest BCUT2D eigenvalue weighted by atomic mass is 35.5. The molecule has 0 aliphatic heterocycles. The number of hydrogen-bond donors (Lipinski definition) is 2. The molecule has 0 atom stereocenters. The highest BCUT2D eigenvalue weighted by Gasteiger charge is 2.27. The van der Waals surface area contributed by atoms with Crippen LogP contribution in [0.4, 0.5) is 0 Å². The Balaban J connectivity index is 2.32. The van der Waals surface area contributed by atoms with Gasteiger partial charge in [0.15, 0.2) is 0 Å². The van der Waals surface area contributed by atoms with Gasteiger partial charge >= 0.3 is 0 Å². The summed E-state index contributed by atoms with van der Waals surface area (Å²) in [6.45, 7) is 11.1. The quantitative estimate of drug-likeness (QED) is 0.644. The maximum atomic E-state index is 12.6. The number of nitrogens with zero attached hydrogens (tertiary/aromatic N) is 1. The maximum Gasteiger partial charge on any atom is 0.291 e. The number of hydrogen-bond acceptors (Lipinski definition) is 6. The number of nitrogens with one attached hydrogen (secondary N) is 1. The van der Waals surface area contributed by atoms with Crippen LogP contribution in [0.15, 0.2) is 22.7 Å². The molecule has 0 spiro atoms. The van der Waals surface area contributed by atoms with Crippen molar-refractivity contribution in [3.05, 3.63) is 44.9 Å². The molecule has 1 amide bonds. The molecular weight excluding hydrogens is 432 g/mol. The number of rotatable bonds is 7. The third-order valence-electron chi connectivity index (χ3n) is 4.43. The van der Waals surface area contributed by atoms with Crippen LogP contribution < -0.4 is 4.72 Å². The summed E-state index contributed by atoms with van der Waals surface area (Å²) in [5.74, 6) is -0.394. The molecule has 0 aliphatic carbocycles. The van der Waals surface area contributed by atoms with E-state index in [4.69, 9.17) is 11.6 Å². The van der Waals surface area contributed by atoms with E-state index in [1.165, 1.54) is 20.0 Å². The predicted octanol–water partition coefficient (Wildman–Crippen LogP) is 4.32. The van der Waals surface area contributed by atoms with Gasteiger partial charge in [0.25, 0.3) is 10.0 Å². The Morgan fingerprint density at radius 2 is 1.72 bits per heavy atom. The Morgan fingerprint density at radius 1 is 1.21 bits per heavy atom. The molecule has 0 saturated heterocycles. The van der Waals surface area contributed by atoms with Crippen LogP contribution in [-0.4, -0.2) is 24.4 Å². The van der Waals surface area contributed by atoms with Gasteiger partial charge in [-0.25, -0.2) is 9.71 Å². The molecule has 0 aliphatic rings. The zero-order valence-electron chi connectivity index (χ0n) is 17.4. The molecule has 9 heteroatoms. The number of sulfonamides is 1. The topological polar surface area (TPSA) is 96.4 Å². The lowest BCUT2D eigenvalue weighted by molar-refractivity contribution is -0.118. The second-order valence-electron chi connectivity index (χ2n) is 8.13. The second kappa shape index (κ2) is 8.71. The van der Waals surface area contributed by atoms with E-state index in [-0.39, 0.29) is 22.6 Å². The highest BCUT2D eigenvalue weighted by Crippen LogP contribution is 2.32. The summed E-state index contributed by atoms with van der Waals surface area (Å²) in [6.07, 6.45) is 1.22. The van der Waals surface area contributed by atoms with Crippen molar-refractivity contribution in [2.24, 2.45) is 0 Å². The predicted molar refractivity (Wildman–Crippen MR) is 116 cm³/mol. The van der Waals surface area contributed by atoms with Gasteiger partial charge in [0.1, 0.15) is 0 Å². The van der Waals surface area contributed by atoms with Crippen LogP contribution in [0.25, 0.3) is 0 Å². The van der Waals surface area contributed by atoms with E-state index in [1.54, 1.807) is 0 Å². The number of aliphatic hydroxyl groups is 1. The molecular formula is C20H27ClN2O4S2. The molecule has 29 heavy (non-hydrogen) atoms. The van der Waals surface area contributed by atoms with Crippen LogP contribution in [0.3, 0.4) is 0 Å². The van der Waals surface area contributed by atoms with Crippen molar-refractivity contribution in [1.82, 2.24) is 9.71 Å². The van der Waals surface area contributed by atoms with Crippen molar-refractivity contribution in [2.45, 2.75) is 69.7 Å². The van der Waals surface area contributed by atoms with Crippen LogP contribution in [-0.2, 0) is 26.8 Å². The summed E-state index contributed by atoms with van der Waals surface area (Å²) in [6, 6.07) is 3.65. The van der Waals surface area contributed by atoms with Crippen LogP contribution in [0.1, 0.15) is 74.9 Å². The molecule has 160 valence electrons. The molecule has 1 aromatic heterocycles. The van der Waals surface area contributed by atoms with Gasteiger partial charge in [-0.05, 0) is 54.5 Å². The average molecular weight is 459 g/mol. The molecule has 6 nitrogen and oxygen atoms in total. The van der Waals surface area contributed by atoms with Gasteiger partial charge in [-0.15, -0.1) is 11.3 Å². The zero-order valence-corrected chi connectivity index (χ0v) is 19.8. The Hall–Kier alpha value is -1.48. The summed E-state index contributed by atoms with van der Waals surface area (Å²) in [7, 11) is -4.12. The van der Waals surface area contributed by atoms with E-state index >= 15 is 0 Å². The van der Waals surface area contributed by atoms with E-state index in [0.717, 1.165) is 28.0 Å². The molecule has 1 heterocycles. The van der Waals surface area contributed by atoms with Crippen molar-refractivity contribution in [3.63, 3.8) is 0 Å².